The zero-order valence-corrected chi connectivity index (χ0v) is 11.5. The number of halogens is 1. The SMILES string of the molecule is CC(C)(CN)C(=O)Nc1nc2ccccc2nc1Cl. The predicted molar refractivity (Wildman–Crippen MR) is 76.0 cm³/mol. The Kier molecular flexibility index (Phi) is 3.68. The van der Waals surface area contributed by atoms with E-state index < -0.39 is 5.41 Å². The summed E-state index contributed by atoms with van der Waals surface area (Å²) in [7, 11) is 0. The van der Waals surface area contributed by atoms with Crippen molar-refractivity contribution < 1.29 is 4.79 Å². The Balaban J connectivity index is 2.35. The Labute approximate surface area is 116 Å². The highest BCUT2D eigenvalue weighted by Gasteiger charge is 2.27. The highest BCUT2D eigenvalue weighted by Crippen LogP contribution is 2.23. The van der Waals surface area contributed by atoms with Crippen molar-refractivity contribution in [1.82, 2.24) is 9.97 Å². The number of hydrogen-bond acceptors (Lipinski definition) is 4. The van der Waals surface area contributed by atoms with Crippen LogP contribution in [0.25, 0.3) is 11.0 Å². The van der Waals surface area contributed by atoms with Gasteiger partial charge in [0.1, 0.15) is 0 Å². The van der Waals surface area contributed by atoms with Crippen LogP contribution < -0.4 is 11.1 Å². The average Bonchev–Trinajstić information content (AvgIpc) is 2.39. The van der Waals surface area contributed by atoms with E-state index in [0.717, 1.165) is 0 Å². The molecule has 0 bridgehead atoms. The molecule has 0 radical (unpaired) electrons. The van der Waals surface area contributed by atoms with Crippen molar-refractivity contribution in [2.45, 2.75) is 13.8 Å². The molecule has 100 valence electrons. The highest BCUT2D eigenvalue weighted by atomic mass is 35.5. The number of amides is 1. The number of carbonyl (C=O) groups excluding carboxylic acids is 1. The van der Waals surface area contributed by atoms with Gasteiger partial charge in [0.25, 0.3) is 0 Å². The molecular weight excluding hydrogens is 264 g/mol. The van der Waals surface area contributed by atoms with Crippen LogP contribution in [0.15, 0.2) is 24.3 Å². The first-order chi connectivity index (χ1) is 8.94. The first-order valence-electron chi connectivity index (χ1n) is 5.88. The van der Waals surface area contributed by atoms with Gasteiger partial charge in [0, 0.05) is 6.54 Å². The molecule has 0 saturated carbocycles. The minimum atomic E-state index is -0.684. The molecule has 1 aromatic heterocycles. The first kappa shape index (κ1) is 13.7. The smallest absolute Gasteiger partial charge is 0.232 e. The number of anilines is 1. The topological polar surface area (TPSA) is 80.9 Å². The van der Waals surface area contributed by atoms with Crippen molar-refractivity contribution in [3.8, 4) is 0 Å². The van der Waals surface area contributed by atoms with Gasteiger partial charge in [-0.1, -0.05) is 23.7 Å². The van der Waals surface area contributed by atoms with Gasteiger partial charge in [-0.25, -0.2) is 9.97 Å². The maximum atomic E-state index is 12.0. The van der Waals surface area contributed by atoms with Gasteiger partial charge < -0.3 is 11.1 Å². The van der Waals surface area contributed by atoms with Gasteiger partial charge in [0.15, 0.2) is 11.0 Å². The molecule has 1 aromatic carbocycles. The van der Waals surface area contributed by atoms with Crippen molar-refractivity contribution in [1.29, 1.82) is 0 Å². The molecule has 3 N–H and O–H groups in total. The van der Waals surface area contributed by atoms with Crippen LogP contribution in [0.1, 0.15) is 13.8 Å². The van der Waals surface area contributed by atoms with Crippen LogP contribution >= 0.6 is 11.6 Å². The third-order valence-corrected chi connectivity index (χ3v) is 3.15. The second-order valence-corrected chi connectivity index (χ2v) is 5.25. The molecule has 0 saturated heterocycles. The molecule has 1 amide bonds. The Bertz CT molecular complexity index is 627. The molecular formula is C13H15ClN4O. The standard InChI is InChI=1S/C13H15ClN4O/c1-13(2,7-15)12(19)18-11-10(14)16-8-5-3-4-6-9(8)17-11/h3-6H,7,15H2,1-2H3,(H,17,18,19). The molecule has 0 unspecified atom stereocenters. The largest absolute Gasteiger partial charge is 0.329 e. The summed E-state index contributed by atoms with van der Waals surface area (Å²) in [5.41, 5.74) is 6.23. The van der Waals surface area contributed by atoms with E-state index in [1.807, 2.05) is 24.3 Å². The van der Waals surface area contributed by atoms with Gasteiger partial charge in [-0.3, -0.25) is 4.79 Å². The summed E-state index contributed by atoms with van der Waals surface area (Å²) in [5.74, 6) is 0.0216. The number of carbonyl (C=O) groups is 1. The van der Waals surface area contributed by atoms with Crippen LogP contribution in [0.2, 0.25) is 5.15 Å². The molecule has 0 aliphatic heterocycles. The van der Waals surface area contributed by atoms with Crippen molar-refractivity contribution in [2.24, 2.45) is 11.1 Å². The van der Waals surface area contributed by atoms with Crippen molar-refractivity contribution in [2.75, 3.05) is 11.9 Å². The first-order valence-corrected chi connectivity index (χ1v) is 6.25. The van der Waals surface area contributed by atoms with Crippen LogP contribution in [0, 0.1) is 5.41 Å². The summed E-state index contributed by atoms with van der Waals surface area (Å²) >= 11 is 6.02. The van der Waals surface area contributed by atoms with E-state index in [9.17, 15) is 4.79 Å². The van der Waals surface area contributed by atoms with Crippen LogP contribution in [0.5, 0.6) is 0 Å². The van der Waals surface area contributed by atoms with E-state index in [-0.39, 0.29) is 23.4 Å². The molecule has 2 aromatic rings. The number of rotatable bonds is 3. The van der Waals surface area contributed by atoms with Crippen molar-refractivity contribution >= 4 is 34.4 Å². The maximum absolute atomic E-state index is 12.0. The fourth-order valence-electron chi connectivity index (χ4n) is 1.43. The lowest BCUT2D eigenvalue weighted by Gasteiger charge is -2.21. The molecule has 1 heterocycles. The second kappa shape index (κ2) is 5.11. The number of fused-ring (bicyclic) bond motifs is 1. The Hall–Kier alpha value is -1.72. The number of aromatic nitrogens is 2. The van der Waals surface area contributed by atoms with E-state index in [1.54, 1.807) is 13.8 Å². The summed E-state index contributed by atoms with van der Waals surface area (Å²) in [6, 6.07) is 7.31. The molecule has 2 rings (SSSR count). The van der Waals surface area contributed by atoms with Gasteiger partial charge in [0.05, 0.1) is 16.4 Å². The predicted octanol–water partition coefficient (Wildman–Crippen LogP) is 2.21. The monoisotopic (exact) mass is 278 g/mol. The van der Waals surface area contributed by atoms with Gasteiger partial charge in [-0.05, 0) is 26.0 Å². The Morgan fingerprint density at radius 2 is 1.89 bits per heavy atom. The summed E-state index contributed by atoms with van der Waals surface area (Å²) in [6.07, 6.45) is 0. The van der Waals surface area contributed by atoms with E-state index in [1.165, 1.54) is 0 Å². The summed E-state index contributed by atoms with van der Waals surface area (Å²) in [6.45, 7) is 3.74. The zero-order chi connectivity index (χ0) is 14.0. The average molecular weight is 279 g/mol. The minimum absolute atomic E-state index is 0.167. The summed E-state index contributed by atoms with van der Waals surface area (Å²) in [5, 5.41) is 2.84. The molecule has 0 aliphatic carbocycles. The lowest BCUT2D eigenvalue weighted by Crippen LogP contribution is -2.37. The molecule has 0 fully saturated rings. The third-order valence-electron chi connectivity index (χ3n) is 2.88. The number of nitrogens with zero attached hydrogens (tertiary/aromatic N) is 2. The lowest BCUT2D eigenvalue weighted by atomic mass is 9.93. The Morgan fingerprint density at radius 3 is 2.47 bits per heavy atom. The number of hydrogen-bond donors (Lipinski definition) is 2. The molecule has 0 atom stereocenters. The number of benzene rings is 1. The maximum Gasteiger partial charge on any atom is 0.232 e. The van der Waals surface area contributed by atoms with E-state index in [0.29, 0.717) is 11.0 Å². The van der Waals surface area contributed by atoms with Gasteiger partial charge in [-0.15, -0.1) is 0 Å². The Morgan fingerprint density at radius 1 is 1.32 bits per heavy atom. The van der Waals surface area contributed by atoms with Crippen LogP contribution in [-0.2, 0) is 4.79 Å². The quantitative estimate of drug-likeness (QED) is 0.902. The van der Waals surface area contributed by atoms with E-state index >= 15 is 0 Å². The normalized spacial score (nSPS) is 11.6. The molecule has 0 spiro atoms. The van der Waals surface area contributed by atoms with E-state index in [2.05, 4.69) is 15.3 Å². The second-order valence-electron chi connectivity index (χ2n) is 4.89. The van der Waals surface area contributed by atoms with Crippen molar-refractivity contribution in [3.63, 3.8) is 0 Å². The van der Waals surface area contributed by atoms with Gasteiger partial charge in [0.2, 0.25) is 5.91 Å². The zero-order valence-electron chi connectivity index (χ0n) is 10.8. The third kappa shape index (κ3) is 2.83. The van der Waals surface area contributed by atoms with Gasteiger partial charge in [-0.2, -0.15) is 0 Å². The fraction of sp³-hybridized carbons (Fsp3) is 0.308. The highest BCUT2D eigenvalue weighted by molar-refractivity contribution is 6.32. The van der Waals surface area contributed by atoms with Crippen LogP contribution in [0.4, 0.5) is 5.82 Å². The summed E-state index contributed by atoms with van der Waals surface area (Å²) < 4.78 is 0. The number of para-hydroxylation sites is 2. The molecule has 6 heteroatoms. The molecule has 5 nitrogen and oxygen atoms in total. The minimum Gasteiger partial charge on any atom is -0.329 e. The lowest BCUT2D eigenvalue weighted by molar-refractivity contribution is -0.123. The number of nitrogens with one attached hydrogen (secondary N) is 1. The van der Waals surface area contributed by atoms with Crippen LogP contribution in [-0.4, -0.2) is 22.4 Å². The molecule has 0 aliphatic rings. The van der Waals surface area contributed by atoms with Gasteiger partial charge >= 0.3 is 0 Å². The van der Waals surface area contributed by atoms with E-state index in [4.69, 9.17) is 17.3 Å². The van der Waals surface area contributed by atoms with Crippen LogP contribution in [0.3, 0.4) is 0 Å². The number of nitrogens with two attached hydrogens (primary N) is 1. The summed E-state index contributed by atoms with van der Waals surface area (Å²) in [4.78, 5) is 20.5. The molecule has 19 heavy (non-hydrogen) atoms. The van der Waals surface area contributed by atoms with Crippen molar-refractivity contribution in [3.05, 3.63) is 29.4 Å². The fourth-order valence-corrected chi connectivity index (χ4v) is 1.61.